The van der Waals surface area contributed by atoms with Crippen LogP contribution in [0.1, 0.15) is 0 Å². The minimum absolute atomic E-state index is 0.535. The van der Waals surface area contributed by atoms with E-state index in [0.29, 0.717) is 11.6 Å². The van der Waals surface area contributed by atoms with Crippen LogP contribution in [0.4, 0.5) is 34.1 Å². The van der Waals surface area contributed by atoms with Gasteiger partial charge in [0.25, 0.3) is 0 Å². The fourth-order valence-electron chi connectivity index (χ4n) is 7.05. The molecule has 0 spiro atoms. The topological polar surface area (TPSA) is 58.3 Å². The van der Waals surface area contributed by atoms with Crippen LogP contribution in [-0.4, -0.2) is 15.0 Å². The van der Waals surface area contributed by atoms with E-state index in [9.17, 15) is 0 Å². The molecule has 0 aliphatic heterocycles. The van der Waals surface area contributed by atoms with Gasteiger partial charge in [0.1, 0.15) is 10.5 Å². The highest BCUT2D eigenvalue weighted by molar-refractivity contribution is 7.21. The predicted octanol–water partition coefficient (Wildman–Crippen LogP) is 13.8. The van der Waals surface area contributed by atoms with E-state index < -0.39 is 0 Å². The second-order valence-corrected chi connectivity index (χ2v) is 14.4. The van der Waals surface area contributed by atoms with Crippen molar-refractivity contribution in [2.24, 2.45) is 0 Å². The number of rotatable bonds is 9. The summed E-state index contributed by atoms with van der Waals surface area (Å²) in [7, 11) is 0. The standard InChI is InChI=1S/C49H33N5OS/c1-3-10-38(11-4-1)53(42-29-21-36(22-30-42)47-51-45-15-9-33-50-48(45)55-47)40-25-17-34(18-26-40)35-19-27-41(28-20-35)54(39-12-5-2-6-13-39)43-31-23-37(24-32-43)49-52-44-14-7-8-16-46(44)56-49/h1-33H. The Morgan fingerprint density at radius 3 is 1.34 bits per heavy atom. The highest BCUT2D eigenvalue weighted by atomic mass is 32.1. The zero-order valence-corrected chi connectivity index (χ0v) is 30.9. The first-order valence-corrected chi connectivity index (χ1v) is 19.2. The molecule has 0 atom stereocenters. The molecular weight excluding hydrogens is 707 g/mol. The van der Waals surface area contributed by atoms with Crippen molar-refractivity contribution in [3.63, 3.8) is 0 Å². The molecule has 0 unspecified atom stereocenters. The number of fused-ring (bicyclic) bond motifs is 2. The van der Waals surface area contributed by atoms with Crippen LogP contribution < -0.4 is 9.80 Å². The Morgan fingerprint density at radius 1 is 0.375 bits per heavy atom. The molecule has 0 saturated heterocycles. The van der Waals surface area contributed by atoms with E-state index >= 15 is 0 Å². The normalized spacial score (nSPS) is 11.2. The van der Waals surface area contributed by atoms with Gasteiger partial charge in [0.15, 0.2) is 0 Å². The number of pyridine rings is 1. The number of hydrogen-bond donors (Lipinski definition) is 0. The van der Waals surface area contributed by atoms with Gasteiger partial charge in [-0.25, -0.2) is 15.0 Å². The van der Waals surface area contributed by atoms with Crippen LogP contribution >= 0.6 is 11.3 Å². The molecule has 10 rings (SSSR count). The van der Waals surface area contributed by atoms with E-state index in [-0.39, 0.29) is 0 Å². The summed E-state index contributed by atoms with van der Waals surface area (Å²) in [5, 5.41) is 1.03. The zero-order chi connectivity index (χ0) is 37.3. The molecule has 0 N–H and O–H groups in total. The van der Waals surface area contributed by atoms with Crippen molar-refractivity contribution >= 4 is 66.9 Å². The maximum absolute atomic E-state index is 5.93. The van der Waals surface area contributed by atoms with Crippen molar-refractivity contribution in [3.05, 3.63) is 200 Å². The van der Waals surface area contributed by atoms with Crippen LogP contribution in [-0.2, 0) is 0 Å². The van der Waals surface area contributed by atoms with Crippen LogP contribution in [0.3, 0.4) is 0 Å². The third-order valence-corrected chi connectivity index (χ3v) is 10.9. The minimum atomic E-state index is 0.535. The summed E-state index contributed by atoms with van der Waals surface area (Å²) in [5.41, 5.74) is 13.0. The van der Waals surface area contributed by atoms with Crippen molar-refractivity contribution in [1.82, 2.24) is 15.0 Å². The third kappa shape index (κ3) is 6.46. The van der Waals surface area contributed by atoms with Gasteiger partial charge in [-0.3, -0.25) is 0 Å². The second kappa shape index (κ2) is 14.5. The monoisotopic (exact) mass is 739 g/mol. The largest absolute Gasteiger partial charge is 0.418 e. The average Bonchev–Trinajstić information content (AvgIpc) is 3.91. The molecule has 0 bridgehead atoms. The van der Waals surface area contributed by atoms with Gasteiger partial charge in [-0.1, -0.05) is 72.8 Å². The predicted molar refractivity (Wildman–Crippen MR) is 231 cm³/mol. The number of oxazole rings is 1. The van der Waals surface area contributed by atoms with Crippen LogP contribution in [0.5, 0.6) is 0 Å². The van der Waals surface area contributed by atoms with Gasteiger partial charge in [-0.2, -0.15) is 0 Å². The van der Waals surface area contributed by atoms with E-state index in [0.717, 1.165) is 72.4 Å². The fraction of sp³-hybridized carbons (Fsp3) is 0. The van der Waals surface area contributed by atoms with E-state index in [1.54, 1.807) is 17.5 Å². The number of benzene rings is 7. The summed E-state index contributed by atoms with van der Waals surface area (Å²) in [6, 6.07) is 67.5. The Kier molecular flexibility index (Phi) is 8.59. The minimum Gasteiger partial charge on any atom is -0.418 e. The lowest BCUT2D eigenvalue weighted by Gasteiger charge is -2.26. The summed E-state index contributed by atoms with van der Waals surface area (Å²) in [6.07, 6.45) is 1.71. The first-order valence-electron chi connectivity index (χ1n) is 18.4. The average molecular weight is 740 g/mol. The van der Waals surface area contributed by atoms with E-state index in [2.05, 4.69) is 177 Å². The van der Waals surface area contributed by atoms with E-state index in [4.69, 9.17) is 9.40 Å². The highest BCUT2D eigenvalue weighted by Gasteiger charge is 2.16. The SMILES string of the molecule is c1ccc(N(c2ccc(-c3ccc(N(c4ccccc4)c4ccc(-c5nc6ccccc6s5)cc4)cc3)cc2)c2ccc(-c3nc4cccnc4o3)cc2)cc1. The van der Waals surface area contributed by atoms with Crippen LogP contribution in [0.25, 0.3) is 54.6 Å². The molecule has 3 aromatic heterocycles. The Balaban J connectivity index is 0.925. The molecule has 266 valence electrons. The molecule has 7 aromatic carbocycles. The third-order valence-electron chi connectivity index (χ3n) is 9.82. The summed E-state index contributed by atoms with van der Waals surface area (Å²) >= 11 is 1.72. The summed E-state index contributed by atoms with van der Waals surface area (Å²) in [6.45, 7) is 0. The Labute approximate surface area is 328 Å². The smallest absolute Gasteiger partial charge is 0.247 e. The number of hydrogen-bond acceptors (Lipinski definition) is 7. The van der Waals surface area contributed by atoms with E-state index in [1.165, 1.54) is 4.70 Å². The molecular formula is C49H33N5OS. The van der Waals surface area contributed by atoms with Gasteiger partial charge in [-0.15, -0.1) is 11.3 Å². The maximum Gasteiger partial charge on any atom is 0.247 e. The molecule has 6 nitrogen and oxygen atoms in total. The van der Waals surface area contributed by atoms with Gasteiger partial charge in [0, 0.05) is 51.4 Å². The zero-order valence-electron chi connectivity index (χ0n) is 30.1. The highest BCUT2D eigenvalue weighted by Crippen LogP contribution is 2.39. The summed E-state index contributed by atoms with van der Waals surface area (Å²) in [4.78, 5) is 18.3. The molecule has 3 heterocycles. The van der Waals surface area contributed by atoms with Crippen molar-refractivity contribution < 1.29 is 4.42 Å². The van der Waals surface area contributed by atoms with Crippen LogP contribution in [0.2, 0.25) is 0 Å². The van der Waals surface area contributed by atoms with Crippen molar-refractivity contribution in [1.29, 1.82) is 0 Å². The molecule has 0 saturated carbocycles. The summed E-state index contributed by atoms with van der Waals surface area (Å²) in [5.74, 6) is 0.553. The molecule has 0 fully saturated rings. The first-order chi connectivity index (χ1) is 27.7. The van der Waals surface area contributed by atoms with Crippen LogP contribution in [0, 0.1) is 0 Å². The first kappa shape index (κ1) is 33.2. The molecule has 0 amide bonds. The van der Waals surface area contributed by atoms with Crippen molar-refractivity contribution in [2.45, 2.75) is 0 Å². The van der Waals surface area contributed by atoms with Crippen LogP contribution in [0.15, 0.2) is 205 Å². The Hall–Kier alpha value is -7.35. The molecule has 56 heavy (non-hydrogen) atoms. The number of anilines is 6. The van der Waals surface area contributed by atoms with Gasteiger partial charge in [-0.05, 0) is 132 Å². The molecule has 7 heteroatoms. The molecule has 0 radical (unpaired) electrons. The fourth-order valence-corrected chi connectivity index (χ4v) is 8.02. The van der Waals surface area contributed by atoms with Gasteiger partial charge < -0.3 is 14.2 Å². The van der Waals surface area contributed by atoms with Gasteiger partial charge >= 0.3 is 0 Å². The quantitative estimate of drug-likeness (QED) is 0.147. The lowest BCUT2D eigenvalue weighted by molar-refractivity contribution is 0.608. The second-order valence-electron chi connectivity index (χ2n) is 13.4. The lowest BCUT2D eigenvalue weighted by Crippen LogP contribution is -2.10. The van der Waals surface area contributed by atoms with E-state index in [1.807, 2.05) is 36.4 Å². The number of para-hydroxylation sites is 3. The van der Waals surface area contributed by atoms with Crippen molar-refractivity contribution in [3.8, 4) is 33.2 Å². The Bertz CT molecular complexity index is 2620. The maximum atomic E-state index is 5.93. The molecule has 10 aromatic rings. The van der Waals surface area contributed by atoms with Gasteiger partial charge in [0.2, 0.25) is 11.6 Å². The number of aromatic nitrogens is 3. The number of nitrogens with zero attached hydrogens (tertiary/aromatic N) is 5. The van der Waals surface area contributed by atoms with Crippen molar-refractivity contribution in [2.75, 3.05) is 9.80 Å². The number of thiazole rings is 1. The summed E-state index contributed by atoms with van der Waals surface area (Å²) < 4.78 is 7.13. The Morgan fingerprint density at radius 2 is 0.821 bits per heavy atom. The lowest BCUT2D eigenvalue weighted by atomic mass is 10.0. The molecule has 0 aliphatic rings. The molecule has 0 aliphatic carbocycles. The van der Waals surface area contributed by atoms with Gasteiger partial charge in [0.05, 0.1) is 10.2 Å².